The number of benzene rings is 1. The van der Waals surface area contributed by atoms with Crippen molar-refractivity contribution in [2.24, 2.45) is 17.4 Å². The molecule has 24 heavy (non-hydrogen) atoms. The maximum absolute atomic E-state index is 12.8. The van der Waals surface area contributed by atoms with Gasteiger partial charge in [0.2, 0.25) is 5.91 Å². The van der Waals surface area contributed by atoms with Gasteiger partial charge in [0, 0.05) is 11.6 Å². The van der Waals surface area contributed by atoms with Gasteiger partial charge in [-0.3, -0.25) is 4.79 Å². The molecule has 1 aromatic rings. The molecule has 0 aromatic heterocycles. The van der Waals surface area contributed by atoms with Gasteiger partial charge in [0.1, 0.15) is 5.54 Å². The van der Waals surface area contributed by atoms with Crippen LogP contribution in [-0.4, -0.2) is 34.2 Å². The van der Waals surface area contributed by atoms with Gasteiger partial charge in [-0.05, 0) is 45.1 Å². The normalized spacial score (nSPS) is 17.2. The van der Waals surface area contributed by atoms with Crippen LogP contribution in [0.1, 0.15) is 46.6 Å². The lowest BCUT2D eigenvalue weighted by Gasteiger charge is -2.39. The van der Waals surface area contributed by atoms with E-state index in [-0.39, 0.29) is 11.8 Å². The molecule has 0 saturated carbocycles. The summed E-state index contributed by atoms with van der Waals surface area (Å²) in [4.78, 5) is 12.8. The zero-order valence-corrected chi connectivity index (χ0v) is 15.5. The second-order valence-electron chi connectivity index (χ2n) is 8.14. The van der Waals surface area contributed by atoms with Crippen LogP contribution in [0.3, 0.4) is 0 Å². The lowest BCUT2D eigenvalue weighted by molar-refractivity contribution is -0.133. The van der Waals surface area contributed by atoms with Gasteiger partial charge in [-0.15, -0.1) is 0 Å². The van der Waals surface area contributed by atoms with E-state index < -0.39 is 23.2 Å². The molecule has 0 saturated heterocycles. The highest BCUT2D eigenvalue weighted by Gasteiger charge is 2.45. The SMILES string of the molecule is CC(C)CC(N)(C(=O)NC(C)(C)C)C(O)C(N)Cc1ccccc1. The van der Waals surface area contributed by atoms with Crippen molar-refractivity contribution in [1.29, 1.82) is 0 Å². The Balaban J connectivity index is 2.98. The van der Waals surface area contributed by atoms with Gasteiger partial charge in [0.25, 0.3) is 0 Å². The number of carbonyl (C=O) groups is 1. The Hall–Kier alpha value is -1.43. The second-order valence-corrected chi connectivity index (χ2v) is 8.14. The molecule has 0 aliphatic heterocycles. The molecule has 136 valence electrons. The Morgan fingerprint density at radius 1 is 1.21 bits per heavy atom. The fraction of sp³-hybridized carbons (Fsp3) is 0.632. The van der Waals surface area contributed by atoms with E-state index in [1.807, 2.05) is 65.0 Å². The van der Waals surface area contributed by atoms with E-state index in [0.29, 0.717) is 12.8 Å². The minimum Gasteiger partial charge on any atom is -0.389 e. The van der Waals surface area contributed by atoms with Gasteiger partial charge in [0.15, 0.2) is 0 Å². The summed E-state index contributed by atoms with van der Waals surface area (Å²) >= 11 is 0. The summed E-state index contributed by atoms with van der Waals surface area (Å²) in [5.74, 6) is -0.209. The number of aliphatic hydroxyl groups excluding tert-OH is 1. The third kappa shape index (κ3) is 5.89. The lowest BCUT2D eigenvalue weighted by Crippen LogP contribution is -2.68. The molecule has 5 heteroatoms. The topological polar surface area (TPSA) is 101 Å². The minimum atomic E-state index is -1.42. The van der Waals surface area contributed by atoms with E-state index in [4.69, 9.17) is 11.5 Å². The Bertz CT molecular complexity index is 525. The largest absolute Gasteiger partial charge is 0.389 e. The monoisotopic (exact) mass is 335 g/mol. The lowest BCUT2D eigenvalue weighted by atomic mass is 9.79. The highest BCUT2D eigenvalue weighted by Crippen LogP contribution is 2.23. The average Bonchev–Trinajstić information content (AvgIpc) is 2.44. The molecule has 0 fully saturated rings. The molecule has 0 heterocycles. The summed E-state index contributed by atoms with van der Waals surface area (Å²) in [7, 11) is 0. The molecule has 0 aliphatic rings. The number of rotatable bonds is 7. The Morgan fingerprint density at radius 2 is 1.75 bits per heavy atom. The van der Waals surface area contributed by atoms with Crippen molar-refractivity contribution in [2.45, 2.75) is 70.7 Å². The highest BCUT2D eigenvalue weighted by molar-refractivity contribution is 5.87. The van der Waals surface area contributed by atoms with Gasteiger partial charge in [0.05, 0.1) is 6.10 Å². The van der Waals surface area contributed by atoms with Crippen molar-refractivity contribution in [2.75, 3.05) is 0 Å². The maximum Gasteiger partial charge on any atom is 0.243 e. The van der Waals surface area contributed by atoms with E-state index in [9.17, 15) is 9.90 Å². The van der Waals surface area contributed by atoms with Crippen molar-refractivity contribution >= 4 is 5.91 Å². The zero-order valence-electron chi connectivity index (χ0n) is 15.5. The first-order valence-electron chi connectivity index (χ1n) is 8.55. The van der Waals surface area contributed by atoms with Crippen LogP contribution in [0, 0.1) is 5.92 Å². The number of carbonyl (C=O) groups excluding carboxylic acids is 1. The molecule has 0 spiro atoms. The van der Waals surface area contributed by atoms with E-state index in [0.717, 1.165) is 5.56 Å². The number of aliphatic hydroxyl groups is 1. The van der Waals surface area contributed by atoms with Crippen LogP contribution in [0.4, 0.5) is 0 Å². The van der Waals surface area contributed by atoms with Crippen molar-refractivity contribution in [1.82, 2.24) is 5.32 Å². The van der Waals surface area contributed by atoms with E-state index in [1.165, 1.54) is 0 Å². The molecule has 1 amide bonds. The summed E-state index contributed by atoms with van der Waals surface area (Å²) in [6.07, 6.45) is -0.317. The molecular weight excluding hydrogens is 302 g/mol. The number of hydrogen-bond donors (Lipinski definition) is 4. The molecule has 0 aliphatic carbocycles. The standard InChI is InChI=1S/C19H33N3O2/c1-13(2)12-19(21,17(24)22-18(3,4)5)16(23)15(20)11-14-9-7-6-8-10-14/h6-10,13,15-16,23H,11-12,20-21H2,1-5H3,(H,22,24). The second kappa shape index (κ2) is 8.10. The first-order valence-corrected chi connectivity index (χ1v) is 8.55. The first-order chi connectivity index (χ1) is 11.0. The average molecular weight is 335 g/mol. The molecule has 1 aromatic carbocycles. The number of amides is 1. The zero-order chi connectivity index (χ0) is 18.5. The molecule has 0 bridgehead atoms. The quantitative estimate of drug-likeness (QED) is 0.607. The van der Waals surface area contributed by atoms with Gasteiger partial charge >= 0.3 is 0 Å². The fourth-order valence-electron chi connectivity index (χ4n) is 2.86. The van der Waals surface area contributed by atoms with E-state index in [2.05, 4.69) is 5.32 Å². The highest BCUT2D eigenvalue weighted by atomic mass is 16.3. The molecule has 3 atom stereocenters. The van der Waals surface area contributed by atoms with Crippen molar-refractivity contribution < 1.29 is 9.90 Å². The molecular formula is C19H33N3O2. The van der Waals surface area contributed by atoms with Crippen molar-refractivity contribution in [3.63, 3.8) is 0 Å². The van der Waals surface area contributed by atoms with Crippen LogP contribution in [0.25, 0.3) is 0 Å². The number of nitrogens with one attached hydrogen (secondary N) is 1. The maximum atomic E-state index is 12.8. The predicted octanol–water partition coefficient (Wildman–Crippen LogP) is 1.58. The van der Waals surface area contributed by atoms with E-state index in [1.54, 1.807) is 0 Å². The third-order valence-corrected chi connectivity index (χ3v) is 3.90. The fourth-order valence-corrected chi connectivity index (χ4v) is 2.86. The van der Waals surface area contributed by atoms with Crippen LogP contribution < -0.4 is 16.8 Å². The Morgan fingerprint density at radius 3 is 2.21 bits per heavy atom. The Kier molecular flexibility index (Phi) is 6.96. The van der Waals surface area contributed by atoms with Gasteiger partial charge in [-0.2, -0.15) is 0 Å². The van der Waals surface area contributed by atoms with Crippen LogP contribution in [0.5, 0.6) is 0 Å². The van der Waals surface area contributed by atoms with Crippen molar-refractivity contribution in [3.8, 4) is 0 Å². The third-order valence-electron chi connectivity index (χ3n) is 3.90. The number of nitrogens with two attached hydrogens (primary N) is 2. The van der Waals surface area contributed by atoms with E-state index >= 15 is 0 Å². The molecule has 5 nitrogen and oxygen atoms in total. The smallest absolute Gasteiger partial charge is 0.243 e. The van der Waals surface area contributed by atoms with Crippen LogP contribution in [0.15, 0.2) is 30.3 Å². The first kappa shape index (κ1) is 20.6. The van der Waals surface area contributed by atoms with Crippen LogP contribution in [0.2, 0.25) is 0 Å². The van der Waals surface area contributed by atoms with Crippen molar-refractivity contribution in [3.05, 3.63) is 35.9 Å². The van der Waals surface area contributed by atoms with Gasteiger partial charge in [-0.1, -0.05) is 44.2 Å². The number of hydrogen-bond acceptors (Lipinski definition) is 4. The molecule has 6 N–H and O–H groups in total. The summed E-state index contributed by atoms with van der Waals surface area (Å²) < 4.78 is 0. The van der Waals surface area contributed by atoms with Crippen LogP contribution >= 0.6 is 0 Å². The van der Waals surface area contributed by atoms with Crippen LogP contribution in [-0.2, 0) is 11.2 Å². The Labute approximate surface area is 145 Å². The molecule has 1 rings (SSSR count). The predicted molar refractivity (Wildman–Crippen MR) is 98.4 cm³/mol. The molecule has 0 radical (unpaired) electrons. The summed E-state index contributed by atoms with van der Waals surface area (Å²) in [6.45, 7) is 9.60. The summed E-state index contributed by atoms with van der Waals surface area (Å²) in [5.41, 5.74) is 11.8. The van der Waals surface area contributed by atoms with Gasteiger partial charge < -0.3 is 21.9 Å². The molecule has 3 unspecified atom stereocenters. The summed E-state index contributed by atoms with van der Waals surface area (Å²) in [5, 5.41) is 13.7. The summed E-state index contributed by atoms with van der Waals surface area (Å²) in [6, 6.07) is 9.04. The minimum absolute atomic E-state index is 0.152. The van der Waals surface area contributed by atoms with Gasteiger partial charge in [-0.25, -0.2) is 0 Å².